The van der Waals surface area contributed by atoms with Crippen LogP contribution in [0.2, 0.25) is 0 Å². The molecule has 0 aliphatic rings. The molecule has 0 atom stereocenters. The van der Waals surface area contributed by atoms with Gasteiger partial charge in [-0.3, -0.25) is 8.75 Å². The molecule has 0 aromatic carbocycles. The molecule has 0 unspecified atom stereocenters. The van der Waals surface area contributed by atoms with Gasteiger partial charge in [0, 0.05) is 17.0 Å². The number of aryl methyl sites for hydroxylation is 2. The van der Waals surface area contributed by atoms with E-state index in [0.717, 1.165) is 23.4 Å². The van der Waals surface area contributed by atoms with E-state index in [0.29, 0.717) is 0 Å². The van der Waals surface area contributed by atoms with Crippen molar-refractivity contribution < 1.29 is 0 Å². The average Bonchev–Trinajstić information content (AvgIpc) is 2.51. The lowest BCUT2D eigenvalue weighted by Crippen LogP contribution is -2.14. The zero-order chi connectivity index (χ0) is 12.0. The van der Waals surface area contributed by atoms with Gasteiger partial charge in [0.1, 0.15) is 0 Å². The van der Waals surface area contributed by atoms with E-state index < -0.39 is 0 Å². The molecule has 0 aliphatic heterocycles. The molecule has 2 nitrogen and oxygen atoms in total. The van der Waals surface area contributed by atoms with Crippen molar-refractivity contribution >= 4 is 11.5 Å². The second-order valence-corrected chi connectivity index (χ2v) is 5.68. The fourth-order valence-electron chi connectivity index (χ4n) is 1.80. The van der Waals surface area contributed by atoms with Crippen molar-refractivity contribution in [3.8, 4) is 0 Å². The van der Waals surface area contributed by atoms with Crippen LogP contribution in [-0.4, -0.2) is 3.96 Å². The third-order valence-electron chi connectivity index (χ3n) is 3.04. The molecule has 1 aromatic heterocycles. The van der Waals surface area contributed by atoms with Gasteiger partial charge >= 0.3 is 0 Å². The summed E-state index contributed by atoms with van der Waals surface area (Å²) < 4.78 is 1.91. The second kappa shape index (κ2) is 6.89. The molecule has 0 N–H and O–H groups in total. The van der Waals surface area contributed by atoms with Crippen LogP contribution < -0.4 is 5.56 Å². The van der Waals surface area contributed by atoms with E-state index in [9.17, 15) is 4.79 Å². The van der Waals surface area contributed by atoms with E-state index in [-0.39, 0.29) is 5.56 Å². The van der Waals surface area contributed by atoms with E-state index in [1.807, 2.05) is 17.8 Å². The lowest BCUT2D eigenvalue weighted by atomic mass is 10.1. The van der Waals surface area contributed by atoms with E-state index in [2.05, 4.69) is 6.92 Å². The Bertz CT molecular complexity index is 364. The smallest absolute Gasteiger partial charge is 0.263 e. The SMILES string of the molecule is CCCCCCCCn1sc(C)c(C)c1=O. The van der Waals surface area contributed by atoms with Crippen LogP contribution in [0.25, 0.3) is 0 Å². The fourth-order valence-corrected chi connectivity index (χ4v) is 2.79. The predicted molar refractivity (Wildman–Crippen MR) is 71.4 cm³/mol. The zero-order valence-electron chi connectivity index (χ0n) is 10.7. The molecule has 0 radical (unpaired) electrons. The highest BCUT2D eigenvalue weighted by Crippen LogP contribution is 2.11. The fraction of sp³-hybridized carbons (Fsp3) is 0.769. The maximum absolute atomic E-state index is 11.7. The van der Waals surface area contributed by atoms with Gasteiger partial charge < -0.3 is 0 Å². The molecule has 1 aromatic rings. The van der Waals surface area contributed by atoms with Crippen molar-refractivity contribution in [2.45, 2.75) is 65.8 Å². The van der Waals surface area contributed by atoms with Crippen LogP contribution in [0.15, 0.2) is 4.79 Å². The van der Waals surface area contributed by atoms with Gasteiger partial charge in [-0.25, -0.2) is 0 Å². The number of nitrogens with zero attached hydrogens (tertiary/aromatic N) is 1. The Balaban J connectivity index is 2.27. The van der Waals surface area contributed by atoms with Gasteiger partial charge in [0.25, 0.3) is 5.56 Å². The Labute approximate surface area is 102 Å². The highest BCUT2D eigenvalue weighted by Gasteiger charge is 2.06. The van der Waals surface area contributed by atoms with Gasteiger partial charge in [-0.05, 0) is 20.3 Å². The lowest BCUT2D eigenvalue weighted by Gasteiger charge is -2.01. The van der Waals surface area contributed by atoms with E-state index >= 15 is 0 Å². The molecule has 1 rings (SSSR count). The molecule has 16 heavy (non-hydrogen) atoms. The molecule has 3 heteroatoms. The summed E-state index contributed by atoms with van der Waals surface area (Å²) in [5.41, 5.74) is 1.15. The Morgan fingerprint density at radius 1 is 1.06 bits per heavy atom. The van der Waals surface area contributed by atoms with E-state index in [1.165, 1.54) is 32.1 Å². The Morgan fingerprint density at radius 2 is 1.69 bits per heavy atom. The normalized spacial score (nSPS) is 10.9. The number of hydrogen-bond donors (Lipinski definition) is 0. The minimum absolute atomic E-state index is 0.219. The maximum atomic E-state index is 11.7. The highest BCUT2D eigenvalue weighted by molar-refractivity contribution is 7.06. The zero-order valence-corrected chi connectivity index (χ0v) is 11.5. The topological polar surface area (TPSA) is 22.0 Å². The number of aromatic nitrogens is 1. The number of hydrogen-bond acceptors (Lipinski definition) is 2. The summed E-state index contributed by atoms with van der Waals surface area (Å²) in [4.78, 5) is 12.9. The summed E-state index contributed by atoms with van der Waals surface area (Å²) in [6, 6.07) is 0. The van der Waals surface area contributed by atoms with Gasteiger partial charge in [0.15, 0.2) is 0 Å². The molecule has 0 amide bonds. The molecule has 0 fully saturated rings. The third kappa shape index (κ3) is 3.78. The molecule has 0 aliphatic carbocycles. The van der Waals surface area contributed by atoms with Crippen molar-refractivity contribution in [1.82, 2.24) is 3.96 Å². The molecular formula is C13H23NOS. The van der Waals surface area contributed by atoms with Crippen LogP contribution in [0.3, 0.4) is 0 Å². The van der Waals surface area contributed by atoms with Crippen LogP contribution in [0, 0.1) is 13.8 Å². The van der Waals surface area contributed by atoms with Crippen molar-refractivity contribution in [2.24, 2.45) is 0 Å². The summed E-state index contributed by atoms with van der Waals surface area (Å²) >= 11 is 1.61. The van der Waals surface area contributed by atoms with Gasteiger partial charge in [0.2, 0.25) is 0 Å². The monoisotopic (exact) mass is 241 g/mol. The quantitative estimate of drug-likeness (QED) is 0.664. The summed E-state index contributed by atoms with van der Waals surface area (Å²) in [7, 11) is 0. The van der Waals surface area contributed by atoms with Gasteiger partial charge in [-0.2, -0.15) is 0 Å². The van der Waals surface area contributed by atoms with Crippen molar-refractivity contribution in [1.29, 1.82) is 0 Å². The van der Waals surface area contributed by atoms with E-state index in [4.69, 9.17) is 0 Å². The van der Waals surface area contributed by atoms with Gasteiger partial charge in [-0.15, -0.1) is 0 Å². The van der Waals surface area contributed by atoms with E-state index in [1.54, 1.807) is 11.5 Å². The molecule has 0 bridgehead atoms. The largest absolute Gasteiger partial charge is 0.268 e. The minimum atomic E-state index is 0.219. The molecular weight excluding hydrogens is 218 g/mol. The first-order valence-electron chi connectivity index (χ1n) is 6.34. The standard InChI is InChI=1S/C13H23NOS/c1-4-5-6-7-8-9-10-14-13(15)11(2)12(3)16-14/h4-10H2,1-3H3. The Hall–Kier alpha value is -0.570. The number of unbranched alkanes of at least 4 members (excludes halogenated alkanes) is 5. The molecule has 1 heterocycles. The Morgan fingerprint density at radius 3 is 2.25 bits per heavy atom. The average molecular weight is 241 g/mol. The van der Waals surface area contributed by atoms with Crippen molar-refractivity contribution in [2.75, 3.05) is 0 Å². The lowest BCUT2D eigenvalue weighted by molar-refractivity contribution is 0.568. The second-order valence-electron chi connectivity index (χ2n) is 4.45. The highest BCUT2D eigenvalue weighted by atomic mass is 32.1. The molecule has 0 spiro atoms. The minimum Gasteiger partial charge on any atom is -0.268 e. The van der Waals surface area contributed by atoms with Crippen LogP contribution in [-0.2, 0) is 6.54 Å². The van der Waals surface area contributed by atoms with Gasteiger partial charge in [0.05, 0.1) is 0 Å². The molecule has 0 saturated carbocycles. The molecule has 0 saturated heterocycles. The van der Waals surface area contributed by atoms with Gasteiger partial charge in [-0.1, -0.05) is 50.6 Å². The first-order chi connectivity index (χ1) is 7.66. The first kappa shape index (κ1) is 13.5. The Kier molecular flexibility index (Phi) is 5.81. The van der Waals surface area contributed by atoms with Crippen LogP contribution >= 0.6 is 11.5 Å². The third-order valence-corrected chi connectivity index (χ3v) is 4.19. The molecule has 92 valence electrons. The maximum Gasteiger partial charge on any atom is 0.263 e. The van der Waals surface area contributed by atoms with Crippen molar-refractivity contribution in [3.05, 3.63) is 20.8 Å². The van der Waals surface area contributed by atoms with Crippen LogP contribution in [0.4, 0.5) is 0 Å². The summed E-state index contributed by atoms with van der Waals surface area (Å²) in [5, 5.41) is 0. The summed E-state index contributed by atoms with van der Waals surface area (Å²) in [5.74, 6) is 0. The number of rotatable bonds is 7. The predicted octanol–water partition coefficient (Wildman–Crippen LogP) is 3.89. The summed E-state index contributed by atoms with van der Waals surface area (Å²) in [6.07, 6.45) is 7.69. The first-order valence-corrected chi connectivity index (χ1v) is 7.11. The van der Waals surface area contributed by atoms with Crippen LogP contribution in [0.5, 0.6) is 0 Å². The van der Waals surface area contributed by atoms with Crippen LogP contribution in [0.1, 0.15) is 55.9 Å². The van der Waals surface area contributed by atoms with Crippen molar-refractivity contribution in [3.63, 3.8) is 0 Å². The summed E-state index contributed by atoms with van der Waals surface area (Å²) in [6.45, 7) is 7.09.